The van der Waals surface area contributed by atoms with E-state index < -0.39 is 0 Å². The Kier molecular flexibility index (Phi) is 5.46. The molecule has 2 N–H and O–H groups in total. The van der Waals surface area contributed by atoms with E-state index >= 15 is 0 Å². The van der Waals surface area contributed by atoms with Crippen LogP contribution in [0, 0.1) is 5.92 Å². The van der Waals surface area contributed by atoms with Crippen molar-refractivity contribution in [3.63, 3.8) is 0 Å². The molecule has 0 heterocycles. The van der Waals surface area contributed by atoms with Gasteiger partial charge in [-0.3, -0.25) is 4.90 Å². The van der Waals surface area contributed by atoms with E-state index in [9.17, 15) is 0 Å². The molecule has 18 heavy (non-hydrogen) atoms. The van der Waals surface area contributed by atoms with Crippen LogP contribution in [0.2, 0.25) is 0 Å². The van der Waals surface area contributed by atoms with Gasteiger partial charge >= 0.3 is 0 Å². The lowest BCUT2D eigenvalue weighted by molar-refractivity contribution is -0.0313. The minimum atomic E-state index is 0.434. The number of ether oxygens (including phenoxy) is 1. The van der Waals surface area contributed by atoms with Gasteiger partial charge in [0, 0.05) is 19.2 Å². The van der Waals surface area contributed by atoms with Gasteiger partial charge < -0.3 is 10.5 Å². The third-order valence-electron chi connectivity index (χ3n) is 5.19. The molecule has 0 aromatic heterocycles. The van der Waals surface area contributed by atoms with Crippen LogP contribution in [0.4, 0.5) is 0 Å². The summed E-state index contributed by atoms with van der Waals surface area (Å²) in [5.74, 6) is 0.697. The van der Waals surface area contributed by atoms with Crippen molar-refractivity contribution in [2.75, 3.05) is 20.7 Å². The topological polar surface area (TPSA) is 38.5 Å². The molecule has 0 radical (unpaired) electrons. The Balaban J connectivity index is 2.00. The molecule has 0 amide bonds. The summed E-state index contributed by atoms with van der Waals surface area (Å²) in [6.07, 6.45) is 11.0. The first-order valence-electron chi connectivity index (χ1n) is 7.72. The molecule has 2 rings (SSSR count). The third kappa shape index (κ3) is 3.06. The van der Waals surface area contributed by atoms with Crippen LogP contribution in [0.15, 0.2) is 0 Å². The average Bonchev–Trinajstić information content (AvgIpc) is 2.46. The van der Waals surface area contributed by atoms with E-state index in [2.05, 4.69) is 11.9 Å². The molecular formula is C15H30N2O. The van der Waals surface area contributed by atoms with Crippen molar-refractivity contribution in [3.8, 4) is 0 Å². The fourth-order valence-electron chi connectivity index (χ4n) is 4.06. The zero-order valence-corrected chi connectivity index (χ0v) is 12.1. The highest BCUT2D eigenvalue weighted by Gasteiger charge is 2.35. The van der Waals surface area contributed by atoms with Crippen molar-refractivity contribution in [2.24, 2.45) is 11.7 Å². The van der Waals surface area contributed by atoms with Gasteiger partial charge in [0.2, 0.25) is 0 Å². The van der Waals surface area contributed by atoms with Crippen molar-refractivity contribution in [2.45, 2.75) is 69.6 Å². The second-order valence-electron chi connectivity index (χ2n) is 6.14. The lowest BCUT2D eigenvalue weighted by Gasteiger charge is -2.45. The van der Waals surface area contributed by atoms with E-state index in [4.69, 9.17) is 10.5 Å². The van der Waals surface area contributed by atoms with Gasteiger partial charge in [0.1, 0.15) is 0 Å². The fraction of sp³-hybridized carbons (Fsp3) is 1.00. The van der Waals surface area contributed by atoms with Crippen LogP contribution in [-0.4, -0.2) is 43.8 Å². The Bertz CT molecular complexity index is 223. The molecule has 2 saturated carbocycles. The molecule has 2 aliphatic rings. The lowest BCUT2D eigenvalue weighted by atomic mass is 9.81. The highest BCUT2D eigenvalue weighted by Crippen LogP contribution is 2.32. The molecule has 2 aliphatic carbocycles. The van der Waals surface area contributed by atoms with Crippen molar-refractivity contribution < 1.29 is 4.74 Å². The maximum atomic E-state index is 5.97. The number of hydrogen-bond acceptors (Lipinski definition) is 3. The summed E-state index contributed by atoms with van der Waals surface area (Å²) in [6, 6.07) is 1.30. The van der Waals surface area contributed by atoms with E-state index in [1.165, 1.54) is 51.4 Å². The Hall–Kier alpha value is -0.120. The summed E-state index contributed by atoms with van der Waals surface area (Å²) in [6.45, 7) is 0.847. The van der Waals surface area contributed by atoms with Crippen LogP contribution in [-0.2, 0) is 4.74 Å². The van der Waals surface area contributed by atoms with Gasteiger partial charge in [0.05, 0.1) is 6.10 Å². The van der Waals surface area contributed by atoms with Crippen molar-refractivity contribution >= 4 is 0 Å². The molecule has 3 heteroatoms. The van der Waals surface area contributed by atoms with Gasteiger partial charge in [-0.15, -0.1) is 0 Å². The molecule has 0 aromatic rings. The number of likely N-dealkylation sites (N-methyl/N-ethyl adjacent to an activating group) is 1. The molecule has 0 saturated heterocycles. The predicted molar refractivity (Wildman–Crippen MR) is 75.6 cm³/mol. The zero-order chi connectivity index (χ0) is 13.0. The SMILES string of the molecule is COC1CCCCC1N(C)C1CCCCC1CN. The van der Waals surface area contributed by atoms with Crippen LogP contribution in [0.25, 0.3) is 0 Å². The maximum absolute atomic E-state index is 5.97. The first-order chi connectivity index (χ1) is 8.77. The summed E-state index contributed by atoms with van der Waals surface area (Å²) in [4.78, 5) is 2.62. The molecule has 0 aromatic carbocycles. The minimum Gasteiger partial charge on any atom is -0.380 e. The normalized spacial score (nSPS) is 38.0. The van der Waals surface area contributed by atoms with Crippen LogP contribution in [0.1, 0.15) is 51.4 Å². The van der Waals surface area contributed by atoms with E-state index in [1.807, 2.05) is 7.11 Å². The molecule has 3 nitrogen and oxygen atoms in total. The van der Waals surface area contributed by atoms with Crippen LogP contribution in [0.3, 0.4) is 0 Å². The first-order valence-corrected chi connectivity index (χ1v) is 7.72. The second-order valence-corrected chi connectivity index (χ2v) is 6.14. The highest BCUT2D eigenvalue weighted by molar-refractivity contribution is 4.90. The van der Waals surface area contributed by atoms with Gasteiger partial charge in [-0.05, 0) is 45.2 Å². The zero-order valence-electron chi connectivity index (χ0n) is 12.1. The maximum Gasteiger partial charge on any atom is 0.0726 e. The van der Waals surface area contributed by atoms with Crippen LogP contribution < -0.4 is 5.73 Å². The standard InChI is InChI=1S/C15H30N2O/c1-17(13-8-4-3-7-12(13)11-16)14-9-5-6-10-15(14)18-2/h12-15H,3-11,16H2,1-2H3. The van der Waals surface area contributed by atoms with Gasteiger partial charge in [0.15, 0.2) is 0 Å². The van der Waals surface area contributed by atoms with Crippen LogP contribution in [0.5, 0.6) is 0 Å². The Morgan fingerprint density at radius 3 is 2.28 bits per heavy atom. The summed E-state index contributed by atoms with van der Waals surface area (Å²) in [5.41, 5.74) is 5.97. The minimum absolute atomic E-state index is 0.434. The van der Waals surface area contributed by atoms with Gasteiger partial charge in [-0.25, -0.2) is 0 Å². The Morgan fingerprint density at radius 2 is 1.61 bits per heavy atom. The summed E-state index contributed by atoms with van der Waals surface area (Å²) in [7, 11) is 4.18. The number of nitrogens with two attached hydrogens (primary N) is 1. The largest absolute Gasteiger partial charge is 0.380 e. The smallest absolute Gasteiger partial charge is 0.0726 e. The van der Waals surface area contributed by atoms with Gasteiger partial charge in [-0.2, -0.15) is 0 Å². The Labute approximate surface area is 112 Å². The van der Waals surface area contributed by atoms with E-state index in [-0.39, 0.29) is 0 Å². The fourth-order valence-corrected chi connectivity index (χ4v) is 4.06. The summed E-state index contributed by atoms with van der Waals surface area (Å²) in [5, 5.41) is 0. The van der Waals surface area contributed by atoms with E-state index in [0.717, 1.165) is 6.54 Å². The van der Waals surface area contributed by atoms with E-state index in [1.54, 1.807) is 0 Å². The third-order valence-corrected chi connectivity index (χ3v) is 5.19. The lowest BCUT2D eigenvalue weighted by Crippen LogP contribution is -2.53. The summed E-state index contributed by atoms with van der Waals surface area (Å²) >= 11 is 0. The number of methoxy groups -OCH3 is 1. The van der Waals surface area contributed by atoms with Crippen LogP contribution >= 0.6 is 0 Å². The second kappa shape index (κ2) is 6.88. The van der Waals surface area contributed by atoms with E-state index in [0.29, 0.717) is 24.1 Å². The monoisotopic (exact) mass is 254 g/mol. The molecule has 4 atom stereocenters. The molecule has 0 spiro atoms. The average molecular weight is 254 g/mol. The van der Waals surface area contributed by atoms with Crippen molar-refractivity contribution in [1.29, 1.82) is 0 Å². The molecular weight excluding hydrogens is 224 g/mol. The first kappa shape index (κ1) is 14.3. The van der Waals surface area contributed by atoms with Gasteiger partial charge in [-0.1, -0.05) is 25.7 Å². The molecule has 0 bridgehead atoms. The van der Waals surface area contributed by atoms with Crippen molar-refractivity contribution in [1.82, 2.24) is 4.90 Å². The quantitative estimate of drug-likeness (QED) is 0.837. The highest BCUT2D eigenvalue weighted by atomic mass is 16.5. The molecule has 2 fully saturated rings. The molecule has 106 valence electrons. The van der Waals surface area contributed by atoms with Crippen molar-refractivity contribution in [3.05, 3.63) is 0 Å². The summed E-state index contributed by atoms with van der Waals surface area (Å²) < 4.78 is 5.71. The predicted octanol–water partition coefficient (Wildman–Crippen LogP) is 2.39. The molecule has 0 aliphatic heterocycles. The number of hydrogen-bond donors (Lipinski definition) is 1. The number of rotatable bonds is 4. The molecule has 4 unspecified atom stereocenters. The number of nitrogens with zero attached hydrogens (tertiary/aromatic N) is 1. The Morgan fingerprint density at radius 1 is 1.00 bits per heavy atom. The van der Waals surface area contributed by atoms with Gasteiger partial charge in [0.25, 0.3) is 0 Å².